The van der Waals surface area contributed by atoms with E-state index in [0.717, 1.165) is 23.3 Å². The maximum Gasteiger partial charge on any atom is 0.357 e. The number of aryl methyl sites for hydroxylation is 1. The van der Waals surface area contributed by atoms with Crippen LogP contribution in [0.2, 0.25) is 0 Å². The van der Waals surface area contributed by atoms with Gasteiger partial charge < -0.3 is 14.2 Å². The summed E-state index contributed by atoms with van der Waals surface area (Å²) < 4.78 is 20.6. The predicted octanol–water partition coefficient (Wildman–Crippen LogP) is 4.05. The van der Waals surface area contributed by atoms with E-state index in [1.807, 2.05) is 36.4 Å². The fourth-order valence-electron chi connectivity index (χ4n) is 6.73. The fourth-order valence-corrected chi connectivity index (χ4v) is 8.89. The molecule has 0 saturated heterocycles. The highest BCUT2D eigenvalue weighted by atomic mass is 127. The van der Waals surface area contributed by atoms with E-state index in [-0.39, 0.29) is 39.4 Å². The molecule has 4 bridgehead atoms. The van der Waals surface area contributed by atoms with Crippen molar-refractivity contribution in [2.75, 3.05) is 6.61 Å². The van der Waals surface area contributed by atoms with E-state index in [9.17, 15) is 4.79 Å². The summed E-state index contributed by atoms with van der Waals surface area (Å²) in [6.07, 6.45) is 6.26. The number of ether oxygens (including phenoxy) is 3. The van der Waals surface area contributed by atoms with E-state index < -0.39 is 0 Å². The minimum Gasteiger partial charge on any atom is -0.482 e. The first-order valence-corrected chi connectivity index (χ1v) is 15.5. The molecule has 0 aromatic heterocycles. The molecule has 4 fully saturated rings. The van der Waals surface area contributed by atoms with Crippen LogP contribution in [0.25, 0.3) is 0 Å². The normalized spacial score (nSPS) is 27.6. The second-order valence-corrected chi connectivity index (χ2v) is 14.2. The van der Waals surface area contributed by atoms with Crippen molar-refractivity contribution in [3.8, 4) is 17.2 Å². The lowest BCUT2D eigenvalue weighted by Crippen LogP contribution is -3.61. The molecule has 3 aromatic carbocycles. The van der Waals surface area contributed by atoms with E-state index in [4.69, 9.17) is 14.2 Å². The van der Waals surface area contributed by atoms with Gasteiger partial charge in [-0.1, -0.05) is 17.7 Å². The molecular weight excluding hydrogens is 575 g/mol. The van der Waals surface area contributed by atoms with Crippen LogP contribution in [0.1, 0.15) is 44.6 Å². The average molecular weight is 610 g/mol. The Balaban J connectivity index is 0.989. The molecule has 0 spiro atoms. The zero-order chi connectivity index (χ0) is 25.4. The van der Waals surface area contributed by atoms with Crippen LogP contribution < -0.4 is 30.7 Å². The monoisotopic (exact) mass is 609 g/mol. The quantitative estimate of drug-likeness (QED) is 0.286. The SMILES string of the molecule is Cc1ccc([I+]c2ccc(Oc3ccc(OCC(=O)OC4(C)C5CC6CC(C5)CC4C6)cc3)cc2)cc1. The zero-order valence-electron chi connectivity index (χ0n) is 21.5. The average Bonchev–Trinajstić information content (AvgIpc) is 2.89. The van der Waals surface area contributed by atoms with E-state index in [1.54, 1.807) is 0 Å². The number of rotatable bonds is 8. The second kappa shape index (κ2) is 10.3. The molecule has 4 saturated carbocycles. The summed E-state index contributed by atoms with van der Waals surface area (Å²) in [6, 6.07) is 24.5. The smallest absolute Gasteiger partial charge is 0.357 e. The van der Waals surface area contributed by atoms with E-state index in [2.05, 4.69) is 50.2 Å². The first-order valence-electron chi connectivity index (χ1n) is 13.4. The van der Waals surface area contributed by atoms with Crippen molar-refractivity contribution in [2.24, 2.45) is 23.7 Å². The molecule has 4 nitrogen and oxygen atoms in total. The molecule has 0 N–H and O–H groups in total. The molecule has 0 heterocycles. The topological polar surface area (TPSA) is 44.8 Å². The standard InChI is InChI=1S/C32H34IO4/c1-21-3-5-26(6-4-21)33-27-7-9-29(10-8-27)36-30-13-11-28(12-14-30)35-20-31(34)37-32(2)24-16-22-15-23(18-24)19-25(32)17-22/h3-14,22-25H,15-20H2,1-2H3/q+1. The second-order valence-electron chi connectivity index (χ2n) is 11.2. The Bertz CT molecular complexity index is 1210. The van der Waals surface area contributed by atoms with Crippen LogP contribution in [-0.2, 0) is 9.53 Å². The number of carbonyl (C=O) groups is 1. The van der Waals surface area contributed by atoms with Gasteiger partial charge in [0.15, 0.2) is 13.7 Å². The molecule has 0 radical (unpaired) electrons. The van der Waals surface area contributed by atoms with Crippen molar-refractivity contribution < 1.29 is 40.2 Å². The van der Waals surface area contributed by atoms with Gasteiger partial charge in [-0.25, -0.2) is 4.79 Å². The fraction of sp³-hybridized carbons (Fsp3) is 0.406. The van der Waals surface area contributed by atoms with Crippen molar-refractivity contribution in [3.63, 3.8) is 0 Å². The molecule has 0 unspecified atom stereocenters. The Hall–Kier alpha value is -2.54. The summed E-state index contributed by atoms with van der Waals surface area (Å²) in [5, 5.41) is 0. The lowest BCUT2D eigenvalue weighted by Gasteiger charge is -2.59. The van der Waals surface area contributed by atoms with Crippen LogP contribution in [0.3, 0.4) is 0 Å². The summed E-state index contributed by atoms with van der Waals surface area (Å²) in [7, 11) is 0. The van der Waals surface area contributed by atoms with Crippen LogP contribution in [0, 0.1) is 37.7 Å². The first-order chi connectivity index (χ1) is 17.9. The summed E-state index contributed by atoms with van der Waals surface area (Å²) in [4.78, 5) is 12.7. The molecule has 37 heavy (non-hydrogen) atoms. The molecule has 4 aliphatic rings. The lowest BCUT2D eigenvalue weighted by molar-refractivity contribution is -0.597. The van der Waals surface area contributed by atoms with E-state index >= 15 is 0 Å². The Morgan fingerprint density at radius 2 is 1.24 bits per heavy atom. The molecule has 7 rings (SSSR count). The number of hydrogen-bond acceptors (Lipinski definition) is 4. The van der Waals surface area contributed by atoms with Crippen molar-refractivity contribution in [3.05, 3.63) is 85.5 Å². The van der Waals surface area contributed by atoms with Gasteiger partial charge in [0.2, 0.25) is 0 Å². The molecule has 4 aliphatic carbocycles. The van der Waals surface area contributed by atoms with Crippen LogP contribution in [0.4, 0.5) is 0 Å². The molecule has 5 heteroatoms. The maximum atomic E-state index is 12.7. The molecule has 192 valence electrons. The molecule has 0 amide bonds. The Morgan fingerprint density at radius 1 is 0.757 bits per heavy atom. The Morgan fingerprint density at radius 3 is 1.81 bits per heavy atom. The number of carbonyl (C=O) groups excluding carboxylic acids is 1. The van der Waals surface area contributed by atoms with Crippen molar-refractivity contribution in [2.45, 2.75) is 51.6 Å². The highest BCUT2D eigenvalue weighted by molar-refractivity contribution is 5.71. The van der Waals surface area contributed by atoms with Gasteiger partial charge >= 0.3 is 27.2 Å². The lowest BCUT2D eigenvalue weighted by atomic mass is 9.50. The van der Waals surface area contributed by atoms with E-state index in [1.165, 1.54) is 44.8 Å². The van der Waals surface area contributed by atoms with Crippen LogP contribution in [0.5, 0.6) is 17.2 Å². The minimum atomic E-state index is -0.316. The van der Waals surface area contributed by atoms with Gasteiger partial charge in [-0.3, -0.25) is 0 Å². The summed E-state index contributed by atoms with van der Waals surface area (Å²) in [5.41, 5.74) is 0.975. The van der Waals surface area contributed by atoms with Crippen LogP contribution in [0.15, 0.2) is 72.8 Å². The third kappa shape index (κ3) is 5.52. The highest BCUT2D eigenvalue weighted by Gasteiger charge is 2.57. The Labute approximate surface area is 230 Å². The van der Waals surface area contributed by atoms with Gasteiger partial charge in [-0.05, 0) is 130 Å². The number of hydrogen-bond donors (Lipinski definition) is 0. The predicted molar refractivity (Wildman–Crippen MR) is 139 cm³/mol. The highest BCUT2D eigenvalue weighted by Crippen LogP contribution is 2.59. The minimum absolute atomic E-state index is 0.0619. The Kier molecular flexibility index (Phi) is 6.91. The summed E-state index contributed by atoms with van der Waals surface area (Å²) in [6.45, 7) is 4.22. The van der Waals surface area contributed by atoms with Gasteiger partial charge in [0.05, 0.1) is 0 Å². The summed E-state index contributed by atoms with van der Waals surface area (Å²) >= 11 is -0.195. The van der Waals surface area contributed by atoms with Crippen molar-refractivity contribution in [1.82, 2.24) is 0 Å². The van der Waals surface area contributed by atoms with Crippen molar-refractivity contribution >= 4 is 5.97 Å². The number of benzene rings is 3. The largest absolute Gasteiger partial charge is 0.482 e. The zero-order valence-corrected chi connectivity index (χ0v) is 23.6. The van der Waals surface area contributed by atoms with Gasteiger partial charge in [-0.2, -0.15) is 0 Å². The van der Waals surface area contributed by atoms with Crippen LogP contribution in [-0.4, -0.2) is 18.2 Å². The maximum absolute atomic E-state index is 12.7. The molecule has 0 atom stereocenters. The number of esters is 1. The molecular formula is C32H34IO4+. The van der Waals surface area contributed by atoms with Gasteiger partial charge in [-0.15, -0.1) is 0 Å². The molecule has 0 aliphatic heterocycles. The third-order valence-corrected chi connectivity index (χ3v) is 11.2. The summed E-state index contributed by atoms with van der Waals surface area (Å²) in [5.74, 6) is 4.65. The molecule has 3 aromatic rings. The van der Waals surface area contributed by atoms with Gasteiger partial charge in [0.25, 0.3) is 0 Å². The van der Waals surface area contributed by atoms with Gasteiger partial charge in [0.1, 0.15) is 22.8 Å². The number of halogens is 1. The van der Waals surface area contributed by atoms with Crippen molar-refractivity contribution in [1.29, 1.82) is 0 Å². The first kappa shape index (κ1) is 24.8. The third-order valence-electron chi connectivity index (χ3n) is 8.55. The van der Waals surface area contributed by atoms with Gasteiger partial charge in [0, 0.05) is 0 Å². The van der Waals surface area contributed by atoms with E-state index in [0.29, 0.717) is 17.6 Å². The van der Waals surface area contributed by atoms with Crippen LogP contribution >= 0.6 is 0 Å².